The average Bonchev–Trinajstić information content (AvgIpc) is 2.50. The van der Waals surface area contributed by atoms with Crippen molar-refractivity contribution in [3.8, 4) is 5.75 Å². The van der Waals surface area contributed by atoms with Gasteiger partial charge in [-0.3, -0.25) is 0 Å². The number of unbranched alkanes of at least 4 members (excludes halogenated alkanes) is 3. The minimum atomic E-state index is -0.423. The third-order valence-corrected chi connectivity index (χ3v) is 3.86. The minimum Gasteiger partial charge on any atom is -0.497 e. The highest BCUT2D eigenvalue weighted by Crippen LogP contribution is 2.16. The SMILES string of the molecule is CCCCCC[C@H](O)C[C@H](O)CCc1ccc(OC)cc1. The van der Waals surface area contributed by atoms with Crippen LogP contribution in [0.5, 0.6) is 5.75 Å². The van der Waals surface area contributed by atoms with E-state index in [0.29, 0.717) is 12.8 Å². The molecule has 2 N–H and O–H groups in total. The fraction of sp³-hybridized carbons (Fsp3) is 0.667. The van der Waals surface area contributed by atoms with Crippen LogP contribution in [0.4, 0.5) is 0 Å². The van der Waals surface area contributed by atoms with Crippen LogP contribution in [-0.4, -0.2) is 29.5 Å². The minimum absolute atomic E-state index is 0.368. The van der Waals surface area contributed by atoms with Crippen LogP contribution in [0, 0.1) is 0 Å². The molecule has 0 amide bonds. The standard InChI is InChI=1S/C18H30O3/c1-3-4-5-6-7-16(19)14-17(20)11-8-15-9-12-18(21-2)13-10-15/h9-10,12-13,16-17,19-20H,3-8,11,14H2,1-2H3/t16-,17+/m0/s1. The number of benzene rings is 1. The van der Waals surface area contributed by atoms with Gasteiger partial charge in [-0.05, 0) is 43.4 Å². The van der Waals surface area contributed by atoms with Gasteiger partial charge in [-0.15, -0.1) is 0 Å². The summed E-state index contributed by atoms with van der Waals surface area (Å²) >= 11 is 0. The van der Waals surface area contributed by atoms with Gasteiger partial charge >= 0.3 is 0 Å². The molecule has 120 valence electrons. The molecule has 3 nitrogen and oxygen atoms in total. The Morgan fingerprint density at radius 2 is 1.62 bits per heavy atom. The van der Waals surface area contributed by atoms with Crippen LogP contribution in [0.1, 0.15) is 57.4 Å². The summed E-state index contributed by atoms with van der Waals surface area (Å²) in [7, 11) is 1.65. The van der Waals surface area contributed by atoms with Crippen molar-refractivity contribution in [3.05, 3.63) is 29.8 Å². The lowest BCUT2D eigenvalue weighted by Crippen LogP contribution is -2.18. The van der Waals surface area contributed by atoms with Gasteiger partial charge in [0.05, 0.1) is 19.3 Å². The molecule has 0 aliphatic rings. The largest absolute Gasteiger partial charge is 0.497 e. The molecule has 0 aliphatic carbocycles. The van der Waals surface area contributed by atoms with Crippen molar-refractivity contribution in [1.29, 1.82) is 0 Å². The fourth-order valence-corrected chi connectivity index (χ4v) is 2.48. The second-order valence-corrected chi connectivity index (χ2v) is 5.78. The van der Waals surface area contributed by atoms with Gasteiger partial charge in [0.15, 0.2) is 0 Å². The first kappa shape index (κ1) is 18.0. The van der Waals surface area contributed by atoms with Gasteiger partial charge in [-0.25, -0.2) is 0 Å². The molecule has 0 aliphatic heterocycles. The van der Waals surface area contributed by atoms with Gasteiger partial charge in [-0.1, -0.05) is 44.7 Å². The first-order valence-corrected chi connectivity index (χ1v) is 8.14. The van der Waals surface area contributed by atoms with Crippen molar-refractivity contribution in [2.45, 2.75) is 70.5 Å². The first-order valence-electron chi connectivity index (χ1n) is 8.14. The molecule has 21 heavy (non-hydrogen) atoms. The summed E-state index contributed by atoms with van der Waals surface area (Å²) in [6.45, 7) is 2.18. The average molecular weight is 294 g/mol. The lowest BCUT2D eigenvalue weighted by atomic mass is 10.00. The number of ether oxygens (including phenoxy) is 1. The molecule has 0 bridgehead atoms. The Kier molecular flexibility index (Phi) is 9.11. The normalized spacial score (nSPS) is 13.9. The van der Waals surface area contributed by atoms with E-state index in [0.717, 1.165) is 25.0 Å². The molecule has 0 spiro atoms. The van der Waals surface area contributed by atoms with E-state index in [1.807, 2.05) is 24.3 Å². The van der Waals surface area contributed by atoms with E-state index in [1.54, 1.807) is 7.11 Å². The molecule has 0 heterocycles. The maximum Gasteiger partial charge on any atom is 0.118 e. The molecule has 0 saturated carbocycles. The number of hydrogen-bond donors (Lipinski definition) is 2. The van der Waals surface area contributed by atoms with E-state index in [1.165, 1.54) is 24.8 Å². The van der Waals surface area contributed by atoms with Crippen LogP contribution in [0.2, 0.25) is 0 Å². The quantitative estimate of drug-likeness (QED) is 0.612. The fourth-order valence-electron chi connectivity index (χ4n) is 2.48. The van der Waals surface area contributed by atoms with Crippen molar-refractivity contribution >= 4 is 0 Å². The maximum absolute atomic E-state index is 10.00. The van der Waals surface area contributed by atoms with Crippen molar-refractivity contribution in [2.24, 2.45) is 0 Å². The molecule has 0 aromatic heterocycles. The summed E-state index contributed by atoms with van der Waals surface area (Å²) in [4.78, 5) is 0. The Bertz CT molecular complexity index is 361. The molecule has 1 aromatic carbocycles. The molecule has 1 rings (SSSR count). The first-order chi connectivity index (χ1) is 10.2. The van der Waals surface area contributed by atoms with Gasteiger partial charge in [0.25, 0.3) is 0 Å². The third kappa shape index (κ3) is 8.08. The molecule has 0 saturated heterocycles. The molecular weight excluding hydrogens is 264 g/mol. The molecular formula is C18H30O3. The third-order valence-electron chi connectivity index (χ3n) is 3.86. The Morgan fingerprint density at radius 3 is 2.24 bits per heavy atom. The van der Waals surface area contributed by atoms with E-state index < -0.39 is 6.10 Å². The lowest BCUT2D eigenvalue weighted by Gasteiger charge is -2.15. The number of methoxy groups -OCH3 is 1. The second-order valence-electron chi connectivity index (χ2n) is 5.78. The number of aliphatic hydroxyl groups excluding tert-OH is 2. The predicted octanol–water partition coefficient (Wildman–Crippen LogP) is 3.71. The number of hydrogen-bond acceptors (Lipinski definition) is 3. The highest BCUT2D eigenvalue weighted by Gasteiger charge is 2.11. The van der Waals surface area contributed by atoms with Crippen LogP contribution in [0.15, 0.2) is 24.3 Å². The van der Waals surface area contributed by atoms with Crippen LogP contribution in [0.3, 0.4) is 0 Å². The summed E-state index contributed by atoms with van der Waals surface area (Å²) in [5.41, 5.74) is 1.19. The van der Waals surface area contributed by atoms with Gasteiger partial charge < -0.3 is 14.9 Å². The Hall–Kier alpha value is -1.06. The Labute approximate surface area is 129 Å². The number of aryl methyl sites for hydroxylation is 1. The van der Waals surface area contributed by atoms with Crippen molar-refractivity contribution in [2.75, 3.05) is 7.11 Å². The predicted molar refractivity (Wildman–Crippen MR) is 86.7 cm³/mol. The number of rotatable bonds is 11. The van der Waals surface area contributed by atoms with E-state index in [2.05, 4.69) is 6.92 Å². The van der Waals surface area contributed by atoms with Crippen molar-refractivity contribution < 1.29 is 14.9 Å². The Balaban J connectivity index is 2.18. The second kappa shape index (κ2) is 10.6. The molecule has 2 atom stereocenters. The van der Waals surface area contributed by atoms with E-state index >= 15 is 0 Å². The molecule has 0 fully saturated rings. The van der Waals surface area contributed by atoms with Crippen molar-refractivity contribution in [1.82, 2.24) is 0 Å². The molecule has 3 heteroatoms. The van der Waals surface area contributed by atoms with Gasteiger partial charge in [0, 0.05) is 0 Å². The van der Waals surface area contributed by atoms with Gasteiger partial charge in [0.2, 0.25) is 0 Å². The summed E-state index contributed by atoms with van der Waals surface area (Å²) < 4.78 is 5.12. The smallest absolute Gasteiger partial charge is 0.118 e. The van der Waals surface area contributed by atoms with Gasteiger partial charge in [0.1, 0.15) is 5.75 Å². The topological polar surface area (TPSA) is 49.7 Å². The lowest BCUT2D eigenvalue weighted by molar-refractivity contribution is 0.0697. The zero-order valence-corrected chi connectivity index (χ0v) is 13.4. The van der Waals surface area contributed by atoms with Crippen molar-refractivity contribution in [3.63, 3.8) is 0 Å². The summed E-state index contributed by atoms with van der Waals surface area (Å²) in [6.07, 6.45) is 6.69. The van der Waals surface area contributed by atoms with E-state index in [-0.39, 0.29) is 6.10 Å². The monoisotopic (exact) mass is 294 g/mol. The molecule has 1 aromatic rings. The van der Waals surface area contributed by atoms with Gasteiger partial charge in [-0.2, -0.15) is 0 Å². The van der Waals surface area contributed by atoms with Crippen LogP contribution >= 0.6 is 0 Å². The summed E-state index contributed by atoms with van der Waals surface area (Å²) in [6, 6.07) is 7.91. The maximum atomic E-state index is 10.00. The van der Waals surface area contributed by atoms with E-state index in [9.17, 15) is 10.2 Å². The highest BCUT2D eigenvalue weighted by molar-refractivity contribution is 5.27. The van der Waals surface area contributed by atoms with Crippen LogP contribution in [0.25, 0.3) is 0 Å². The Morgan fingerprint density at radius 1 is 0.952 bits per heavy atom. The van der Waals surface area contributed by atoms with Crippen LogP contribution < -0.4 is 4.74 Å². The molecule has 0 unspecified atom stereocenters. The zero-order chi connectivity index (χ0) is 15.5. The summed E-state index contributed by atoms with van der Waals surface area (Å²) in [5.74, 6) is 0.849. The molecule has 0 radical (unpaired) electrons. The summed E-state index contributed by atoms with van der Waals surface area (Å²) in [5, 5.41) is 19.9. The van der Waals surface area contributed by atoms with Crippen LogP contribution in [-0.2, 0) is 6.42 Å². The zero-order valence-electron chi connectivity index (χ0n) is 13.4. The highest BCUT2D eigenvalue weighted by atomic mass is 16.5. The van der Waals surface area contributed by atoms with E-state index in [4.69, 9.17) is 4.74 Å². The number of aliphatic hydroxyl groups is 2.